The number of benzene rings is 1. The van der Waals surface area contributed by atoms with Crippen molar-refractivity contribution in [3.05, 3.63) is 27.1 Å². The van der Waals surface area contributed by atoms with Gasteiger partial charge in [-0.3, -0.25) is 14.5 Å². The van der Waals surface area contributed by atoms with Gasteiger partial charge in [0.15, 0.2) is 0 Å². The van der Waals surface area contributed by atoms with E-state index in [9.17, 15) is 9.59 Å². The number of para-hydroxylation sites is 1. The molecule has 4 nitrogen and oxygen atoms in total. The predicted octanol–water partition coefficient (Wildman–Crippen LogP) is 3.23. The topological polar surface area (TPSA) is 49.4 Å². The first-order valence-corrected chi connectivity index (χ1v) is 8.13. The van der Waals surface area contributed by atoms with E-state index in [2.05, 4.69) is 37.2 Å². The minimum atomic E-state index is -0.523. The first-order valence-electron chi connectivity index (χ1n) is 6.54. The Hall–Kier alpha value is -0.880. The molecule has 1 aromatic rings. The molecule has 1 heterocycles. The van der Waals surface area contributed by atoms with Crippen LogP contribution in [0, 0.1) is 0 Å². The summed E-state index contributed by atoms with van der Waals surface area (Å²) in [6, 6.07) is 4.64. The number of nitrogens with one attached hydrogen (secondary N) is 1. The summed E-state index contributed by atoms with van der Waals surface area (Å²) < 4.78 is 1.58. The van der Waals surface area contributed by atoms with Crippen LogP contribution in [-0.4, -0.2) is 23.9 Å². The Morgan fingerprint density at radius 3 is 2.40 bits per heavy atom. The molecule has 20 heavy (non-hydrogen) atoms. The summed E-state index contributed by atoms with van der Waals surface area (Å²) in [7, 11) is 0. The van der Waals surface area contributed by atoms with E-state index in [-0.39, 0.29) is 11.8 Å². The standard InChI is InChI=1S/C14H16Br2N2O2/c1-3-5-11-14(20)18(8(2)13(19)17-11)12-9(15)6-4-7-10(12)16/h4,6-8,11H,3,5H2,1-2H3,(H,17,19). The molecule has 1 aliphatic heterocycles. The van der Waals surface area contributed by atoms with Crippen molar-refractivity contribution < 1.29 is 9.59 Å². The molecule has 0 aromatic heterocycles. The maximum Gasteiger partial charge on any atom is 0.250 e. The van der Waals surface area contributed by atoms with Gasteiger partial charge in [0.2, 0.25) is 11.8 Å². The van der Waals surface area contributed by atoms with Gasteiger partial charge in [-0.1, -0.05) is 19.4 Å². The van der Waals surface area contributed by atoms with Gasteiger partial charge >= 0.3 is 0 Å². The molecule has 2 amide bonds. The highest BCUT2D eigenvalue weighted by atomic mass is 79.9. The fourth-order valence-corrected chi connectivity index (χ4v) is 3.72. The number of piperazine rings is 1. The molecule has 1 saturated heterocycles. The summed E-state index contributed by atoms with van der Waals surface area (Å²) in [4.78, 5) is 26.3. The lowest BCUT2D eigenvalue weighted by molar-refractivity contribution is -0.133. The number of hydrogen-bond acceptors (Lipinski definition) is 2. The van der Waals surface area contributed by atoms with Crippen molar-refractivity contribution in [1.82, 2.24) is 5.32 Å². The fourth-order valence-electron chi connectivity index (χ4n) is 2.34. The smallest absolute Gasteiger partial charge is 0.250 e. The van der Waals surface area contributed by atoms with E-state index in [4.69, 9.17) is 0 Å². The van der Waals surface area contributed by atoms with Crippen molar-refractivity contribution in [2.75, 3.05) is 4.90 Å². The molecule has 0 bridgehead atoms. The summed E-state index contributed by atoms with van der Waals surface area (Å²) in [6.45, 7) is 3.73. The van der Waals surface area contributed by atoms with Gasteiger partial charge in [0.1, 0.15) is 12.1 Å². The van der Waals surface area contributed by atoms with Gasteiger partial charge in [0.25, 0.3) is 0 Å². The summed E-state index contributed by atoms with van der Waals surface area (Å²) >= 11 is 6.92. The maximum absolute atomic E-state index is 12.6. The third-order valence-electron chi connectivity index (χ3n) is 3.37. The average molecular weight is 404 g/mol. The number of carbonyl (C=O) groups excluding carboxylic acids is 2. The van der Waals surface area contributed by atoms with Crippen LogP contribution in [0.4, 0.5) is 5.69 Å². The Balaban J connectivity index is 2.46. The SMILES string of the molecule is CCCC1NC(=O)C(C)N(c2c(Br)cccc2Br)C1=O. The number of amides is 2. The van der Waals surface area contributed by atoms with Gasteiger partial charge in [-0.05, 0) is 57.3 Å². The van der Waals surface area contributed by atoms with Gasteiger partial charge in [0, 0.05) is 8.95 Å². The number of nitrogens with zero attached hydrogens (tertiary/aromatic N) is 1. The normalized spacial score (nSPS) is 22.9. The molecule has 1 fully saturated rings. The van der Waals surface area contributed by atoms with Gasteiger partial charge in [-0.25, -0.2) is 0 Å². The van der Waals surface area contributed by atoms with E-state index >= 15 is 0 Å². The third-order valence-corrected chi connectivity index (χ3v) is 4.65. The molecule has 0 saturated carbocycles. The molecule has 2 rings (SSSR count). The van der Waals surface area contributed by atoms with E-state index in [1.165, 1.54) is 0 Å². The summed E-state index contributed by atoms with van der Waals surface area (Å²) in [5.41, 5.74) is 0.709. The van der Waals surface area contributed by atoms with Crippen molar-refractivity contribution in [3.8, 4) is 0 Å². The van der Waals surface area contributed by atoms with Crippen molar-refractivity contribution >= 4 is 49.4 Å². The second-order valence-electron chi connectivity index (χ2n) is 4.80. The molecule has 1 N–H and O–H groups in total. The van der Waals surface area contributed by atoms with Crippen LogP contribution in [0.15, 0.2) is 27.1 Å². The van der Waals surface area contributed by atoms with Crippen LogP contribution >= 0.6 is 31.9 Å². The first kappa shape index (κ1) is 15.5. The van der Waals surface area contributed by atoms with Crippen LogP contribution in [0.3, 0.4) is 0 Å². The average Bonchev–Trinajstić information content (AvgIpc) is 2.39. The summed E-state index contributed by atoms with van der Waals surface area (Å²) in [5, 5.41) is 2.79. The molecule has 0 radical (unpaired) electrons. The van der Waals surface area contributed by atoms with Crippen molar-refractivity contribution in [1.29, 1.82) is 0 Å². The molecule has 108 valence electrons. The Labute approximate surface area is 135 Å². The highest BCUT2D eigenvalue weighted by molar-refractivity contribution is 9.11. The molecular weight excluding hydrogens is 388 g/mol. The number of rotatable bonds is 3. The Morgan fingerprint density at radius 2 is 1.85 bits per heavy atom. The lowest BCUT2D eigenvalue weighted by atomic mass is 10.0. The minimum Gasteiger partial charge on any atom is -0.342 e. The quantitative estimate of drug-likeness (QED) is 0.842. The van der Waals surface area contributed by atoms with Crippen LogP contribution in [0.25, 0.3) is 0 Å². The predicted molar refractivity (Wildman–Crippen MR) is 85.6 cm³/mol. The maximum atomic E-state index is 12.6. The zero-order valence-corrected chi connectivity index (χ0v) is 14.5. The largest absolute Gasteiger partial charge is 0.342 e. The molecule has 6 heteroatoms. The first-order chi connectivity index (χ1) is 9.47. The number of anilines is 1. The fraction of sp³-hybridized carbons (Fsp3) is 0.429. The van der Waals surface area contributed by atoms with Gasteiger partial charge in [-0.15, -0.1) is 0 Å². The Bertz CT molecular complexity index is 528. The number of halogens is 2. The third kappa shape index (κ3) is 2.76. The highest BCUT2D eigenvalue weighted by Crippen LogP contribution is 2.36. The van der Waals surface area contributed by atoms with E-state index in [1.807, 2.05) is 25.1 Å². The lowest BCUT2D eigenvalue weighted by Crippen LogP contribution is -2.62. The molecule has 2 unspecified atom stereocenters. The molecular formula is C14H16Br2N2O2. The zero-order chi connectivity index (χ0) is 14.9. The van der Waals surface area contributed by atoms with Crippen LogP contribution in [0.5, 0.6) is 0 Å². The second kappa shape index (κ2) is 6.26. The Kier molecular flexibility index (Phi) is 4.86. The van der Waals surface area contributed by atoms with Crippen LogP contribution < -0.4 is 10.2 Å². The van der Waals surface area contributed by atoms with E-state index in [0.29, 0.717) is 12.1 Å². The van der Waals surface area contributed by atoms with E-state index in [0.717, 1.165) is 15.4 Å². The molecule has 0 spiro atoms. The second-order valence-corrected chi connectivity index (χ2v) is 6.51. The zero-order valence-electron chi connectivity index (χ0n) is 11.3. The molecule has 2 atom stereocenters. The van der Waals surface area contributed by atoms with Gasteiger partial charge in [-0.2, -0.15) is 0 Å². The van der Waals surface area contributed by atoms with Crippen molar-refractivity contribution in [2.24, 2.45) is 0 Å². The molecule has 1 aromatic carbocycles. The van der Waals surface area contributed by atoms with E-state index < -0.39 is 12.1 Å². The molecule has 1 aliphatic rings. The minimum absolute atomic E-state index is 0.0634. The van der Waals surface area contributed by atoms with Crippen molar-refractivity contribution in [3.63, 3.8) is 0 Å². The summed E-state index contributed by atoms with van der Waals surface area (Å²) in [6.07, 6.45) is 1.49. The van der Waals surface area contributed by atoms with Crippen LogP contribution in [0.1, 0.15) is 26.7 Å². The van der Waals surface area contributed by atoms with Gasteiger partial charge in [0.05, 0.1) is 5.69 Å². The lowest BCUT2D eigenvalue weighted by Gasteiger charge is -2.38. The van der Waals surface area contributed by atoms with Crippen LogP contribution in [0.2, 0.25) is 0 Å². The monoisotopic (exact) mass is 402 g/mol. The number of hydrogen-bond donors (Lipinski definition) is 1. The molecule has 0 aliphatic carbocycles. The number of carbonyl (C=O) groups is 2. The van der Waals surface area contributed by atoms with Crippen molar-refractivity contribution in [2.45, 2.75) is 38.8 Å². The Morgan fingerprint density at radius 1 is 1.25 bits per heavy atom. The van der Waals surface area contributed by atoms with Crippen LogP contribution in [-0.2, 0) is 9.59 Å². The highest BCUT2D eigenvalue weighted by Gasteiger charge is 2.39. The summed E-state index contributed by atoms with van der Waals surface area (Å²) in [5.74, 6) is -0.183. The van der Waals surface area contributed by atoms with Gasteiger partial charge < -0.3 is 5.32 Å². The van der Waals surface area contributed by atoms with E-state index in [1.54, 1.807) is 11.8 Å².